The topological polar surface area (TPSA) is 118 Å². The molecule has 3 aromatic rings. The van der Waals surface area contributed by atoms with Gasteiger partial charge in [0.15, 0.2) is 12.4 Å². The van der Waals surface area contributed by atoms with E-state index in [2.05, 4.69) is 43.0 Å². The van der Waals surface area contributed by atoms with Gasteiger partial charge < -0.3 is 19.8 Å². The summed E-state index contributed by atoms with van der Waals surface area (Å²) in [4.78, 5) is 32.3. The number of Topliss-reactive ketones (excluding diaryl/α,β-unsaturated/α-hetero) is 1. The van der Waals surface area contributed by atoms with Crippen LogP contribution in [0.4, 0.5) is 0 Å². The number of fused-ring (bicyclic) bond motifs is 1. The summed E-state index contributed by atoms with van der Waals surface area (Å²) in [7, 11) is 0. The van der Waals surface area contributed by atoms with Gasteiger partial charge in [-0.3, -0.25) is 9.78 Å². The Labute approximate surface area is 239 Å². The van der Waals surface area contributed by atoms with Crippen LogP contribution in [-0.4, -0.2) is 45.9 Å². The van der Waals surface area contributed by atoms with Crippen LogP contribution in [0.3, 0.4) is 0 Å². The number of carboxylic acid groups (broad SMARTS) is 1. The number of ketones is 1. The van der Waals surface area contributed by atoms with E-state index in [0.717, 1.165) is 5.39 Å². The molecule has 212 valence electrons. The van der Waals surface area contributed by atoms with Gasteiger partial charge in [-0.25, -0.2) is 4.79 Å². The molecule has 1 atom stereocenters. The van der Waals surface area contributed by atoms with Crippen LogP contribution in [0.1, 0.15) is 61.3 Å². The molecular weight excluding hydrogens is 532 g/mol. The normalized spacial score (nSPS) is 15.5. The number of oxime groups is 1. The number of allylic oxidation sites excluding steroid dienone is 2. The summed E-state index contributed by atoms with van der Waals surface area (Å²) in [5.41, 5.74) is 6.21. The summed E-state index contributed by atoms with van der Waals surface area (Å²) < 4.78 is 5.12. The first kappa shape index (κ1) is 30.6. The van der Waals surface area contributed by atoms with Crippen LogP contribution in [0.25, 0.3) is 10.9 Å². The molecule has 1 aliphatic carbocycles. The number of aryl methyl sites for hydroxylation is 3. The highest BCUT2D eigenvalue weighted by Gasteiger charge is 2.32. The number of hydrogen-bond acceptors (Lipinski definition) is 7. The van der Waals surface area contributed by atoms with Crippen molar-refractivity contribution in [1.29, 1.82) is 0 Å². The number of aromatic nitrogens is 1. The van der Waals surface area contributed by atoms with Crippen LogP contribution < -0.4 is 4.74 Å². The van der Waals surface area contributed by atoms with E-state index in [1.165, 1.54) is 22.3 Å². The molecule has 0 amide bonds. The summed E-state index contributed by atoms with van der Waals surface area (Å²) in [5.74, 6) is -0.507. The highest BCUT2D eigenvalue weighted by atomic mass is 35.5. The molecule has 2 aromatic carbocycles. The van der Waals surface area contributed by atoms with E-state index in [9.17, 15) is 14.7 Å². The molecule has 0 saturated carbocycles. The number of carbonyl (C=O) groups excluding carboxylic acids is 1. The van der Waals surface area contributed by atoms with Gasteiger partial charge in [0.05, 0.1) is 16.3 Å². The van der Waals surface area contributed by atoms with E-state index in [1.807, 2.05) is 13.8 Å². The van der Waals surface area contributed by atoms with Crippen molar-refractivity contribution in [3.63, 3.8) is 0 Å². The van der Waals surface area contributed by atoms with E-state index in [0.29, 0.717) is 53.4 Å². The molecule has 0 bridgehead atoms. The van der Waals surface area contributed by atoms with Crippen LogP contribution in [0, 0.1) is 20.8 Å². The molecule has 1 heterocycles. The minimum absolute atomic E-state index is 0.0204. The number of aliphatic hydroxyl groups is 1. The Kier molecular flexibility index (Phi) is 10.7. The number of aliphatic carboxylic acids is 1. The van der Waals surface area contributed by atoms with Crippen LogP contribution in [0.15, 0.2) is 59.1 Å². The number of ether oxygens (including phenoxy) is 1. The van der Waals surface area contributed by atoms with Crippen molar-refractivity contribution >= 4 is 40.0 Å². The SMILES string of the molecule is CCO/N=C(\CC)C1=C(O)CC(c2c(C)cc(C)cc2C)CC1=O.O=C(O)COc1ccc(Cl)c2cccnc12. The minimum Gasteiger partial charge on any atom is -0.511 e. The lowest BCUT2D eigenvalue weighted by molar-refractivity contribution is -0.139. The van der Waals surface area contributed by atoms with Crippen LogP contribution in [-0.2, 0) is 14.4 Å². The number of halogens is 1. The Morgan fingerprint density at radius 3 is 2.42 bits per heavy atom. The molecule has 0 fully saturated rings. The zero-order valence-electron chi connectivity index (χ0n) is 23.5. The minimum atomic E-state index is -1.03. The number of carbonyl (C=O) groups is 2. The summed E-state index contributed by atoms with van der Waals surface area (Å²) in [6, 6.07) is 11.1. The Hall–Kier alpha value is -3.91. The maximum absolute atomic E-state index is 12.7. The molecule has 1 unspecified atom stereocenters. The lowest BCUT2D eigenvalue weighted by Crippen LogP contribution is -2.24. The van der Waals surface area contributed by atoms with Gasteiger partial charge in [0.1, 0.15) is 23.6 Å². The lowest BCUT2D eigenvalue weighted by Gasteiger charge is -2.27. The molecule has 2 N–H and O–H groups in total. The quantitative estimate of drug-likeness (QED) is 0.222. The Bertz CT molecular complexity index is 1440. The number of benzene rings is 2. The van der Waals surface area contributed by atoms with E-state index >= 15 is 0 Å². The number of hydrogen-bond donors (Lipinski definition) is 2. The average molecular weight is 567 g/mol. The van der Waals surface area contributed by atoms with Gasteiger partial charge in [-0.05, 0) is 81.0 Å². The smallest absolute Gasteiger partial charge is 0.341 e. The zero-order chi connectivity index (χ0) is 29.4. The second-order valence-corrected chi connectivity index (χ2v) is 10.0. The zero-order valence-corrected chi connectivity index (χ0v) is 24.2. The number of pyridine rings is 1. The van der Waals surface area contributed by atoms with Gasteiger partial charge in [0, 0.05) is 24.4 Å². The van der Waals surface area contributed by atoms with Crippen LogP contribution in [0.5, 0.6) is 5.75 Å². The van der Waals surface area contributed by atoms with Crippen molar-refractivity contribution in [1.82, 2.24) is 4.98 Å². The number of nitrogens with zero attached hydrogens (tertiary/aromatic N) is 2. The molecular formula is C31H35ClN2O6. The number of rotatable bonds is 8. The summed E-state index contributed by atoms with van der Waals surface area (Å²) in [6.07, 6.45) is 3.02. The Balaban J connectivity index is 0.000000238. The van der Waals surface area contributed by atoms with Crippen molar-refractivity contribution in [2.24, 2.45) is 5.16 Å². The monoisotopic (exact) mass is 566 g/mol. The van der Waals surface area contributed by atoms with Gasteiger partial charge in [0.25, 0.3) is 0 Å². The van der Waals surface area contributed by atoms with Gasteiger partial charge in [-0.15, -0.1) is 0 Å². The number of carboxylic acids is 1. The Morgan fingerprint density at radius 1 is 1.12 bits per heavy atom. The summed E-state index contributed by atoms with van der Waals surface area (Å²) in [5, 5.41) is 24.4. The maximum Gasteiger partial charge on any atom is 0.341 e. The van der Waals surface area contributed by atoms with Crippen molar-refractivity contribution in [2.45, 2.75) is 59.8 Å². The first-order valence-electron chi connectivity index (χ1n) is 13.2. The summed E-state index contributed by atoms with van der Waals surface area (Å²) in [6.45, 7) is 10.0. The molecule has 0 aliphatic heterocycles. The van der Waals surface area contributed by atoms with Crippen molar-refractivity contribution in [3.05, 3.63) is 81.2 Å². The fourth-order valence-corrected chi connectivity index (χ4v) is 5.27. The molecule has 1 aliphatic rings. The molecule has 4 rings (SSSR count). The fraction of sp³-hybridized carbons (Fsp3) is 0.355. The highest BCUT2D eigenvalue weighted by Crippen LogP contribution is 2.38. The highest BCUT2D eigenvalue weighted by molar-refractivity contribution is 6.35. The molecule has 40 heavy (non-hydrogen) atoms. The Morgan fingerprint density at radius 2 is 1.82 bits per heavy atom. The predicted octanol–water partition coefficient (Wildman–Crippen LogP) is 7.02. The van der Waals surface area contributed by atoms with Gasteiger partial charge >= 0.3 is 5.97 Å². The molecule has 0 radical (unpaired) electrons. The second kappa shape index (κ2) is 13.9. The second-order valence-electron chi connectivity index (χ2n) is 9.60. The fourth-order valence-electron chi connectivity index (χ4n) is 5.06. The maximum atomic E-state index is 12.7. The first-order chi connectivity index (χ1) is 19.1. The largest absolute Gasteiger partial charge is 0.511 e. The molecule has 0 saturated heterocycles. The van der Waals surface area contributed by atoms with Gasteiger partial charge in [0.2, 0.25) is 0 Å². The van der Waals surface area contributed by atoms with Gasteiger partial charge in [-0.2, -0.15) is 0 Å². The van der Waals surface area contributed by atoms with Crippen molar-refractivity contribution < 1.29 is 29.4 Å². The molecule has 1 aromatic heterocycles. The van der Waals surface area contributed by atoms with E-state index in [4.69, 9.17) is 26.3 Å². The third kappa shape index (κ3) is 7.39. The standard InChI is InChI=1S/C20H27NO3.C11H8ClNO3/c1-6-16(21-24-7-2)20-17(22)10-15(11-18(20)23)19-13(4)8-12(3)9-14(19)5;12-8-3-4-9(16-6-10(14)15)11-7(8)2-1-5-13-11/h8-9,15,22H,6-7,10-11H2,1-5H3;1-5H,6H2,(H,14,15)/b21-16+;. The molecule has 0 spiro atoms. The first-order valence-corrected chi connectivity index (χ1v) is 13.5. The molecule has 9 heteroatoms. The van der Waals surface area contributed by atoms with Crippen molar-refractivity contribution in [2.75, 3.05) is 13.2 Å². The van der Waals surface area contributed by atoms with Gasteiger partial charge in [-0.1, -0.05) is 41.4 Å². The average Bonchev–Trinajstić information content (AvgIpc) is 2.89. The lowest BCUT2D eigenvalue weighted by atomic mass is 9.78. The van der Waals surface area contributed by atoms with E-state index < -0.39 is 12.6 Å². The third-order valence-corrected chi connectivity index (χ3v) is 6.87. The van der Waals surface area contributed by atoms with E-state index in [1.54, 1.807) is 30.5 Å². The molecule has 8 nitrogen and oxygen atoms in total. The van der Waals surface area contributed by atoms with Crippen molar-refractivity contribution in [3.8, 4) is 5.75 Å². The van der Waals surface area contributed by atoms with Crippen LogP contribution in [0.2, 0.25) is 5.02 Å². The van der Waals surface area contributed by atoms with E-state index in [-0.39, 0.29) is 17.5 Å². The summed E-state index contributed by atoms with van der Waals surface area (Å²) >= 11 is 5.98. The predicted molar refractivity (Wildman–Crippen MR) is 157 cm³/mol. The third-order valence-electron chi connectivity index (χ3n) is 6.54. The number of aliphatic hydroxyl groups excluding tert-OH is 1. The van der Waals surface area contributed by atoms with Crippen LogP contribution >= 0.6 is 11.6 Å².